The van der Waals surface area contributed by atoms with Gasteiger partial charge in [-0.05, 0) is 24.7 Å². The molecule has 0 aromatic heterocycles. The molecular formula is C11H20BN2O5. The van der Waals surface area contributed by atoms with E-state index in [-0.39, 0.29) is 29.1 Å². The predicted molar refractivity (Wildman–Crippen MR) is 68.3 cm³/mol. The lowest BCUT2D eigenvalue weighted by molar-refractivity contribution is -0.145. The van der Waals surface area contributed by atoms with E-state index in [1.807, 2.05) is 0 Å². The highest BCUT2D eigenvalue weighted by atomic mass is 16.4. The lowest BCUT2D eigenvalue weighted by atomic mass is 9.78. The molecule has 8 heteroatoms. The third kappa shape index (κ3) is 2.61. The Morgan fingerprint density at radius 1 is 1.58 bits per heavy atom. The molecule has 19 heavy (non-hydrogen) atoms. The number of aliphatic carboxylic acids is 1. The van der Waals surface area contributed by atoms with Crippen LogP contribution in [0, 0.1) is 17.8 Å². The molecule has 0 aromatic carbocycles. The van der Waals surface area contributed by atoms with Crippen molar-refractivity contribution in [3.8, 4) is 0 Å². The molecule has 1 radical (unpaired) electrons. The molecule has 0 unspecified atom stereocenters. The van der Waals surface area contributed by atoms with E-state index in [1.54, 1.807) is 0 Å². The lowest BCUT2D eigenvalue weighted by Crippen LogP contribution is -2.53. The first kappa shape index (κ1) is 15.9. The second-order valence-electron chi connectivity index (χ2n) is 5.30. The fraction of sp³-hybridized carbons (Fsp3) is 0.818. The minimum atomic E-state index is -1.30. The second kappa shape index (κ2) is 5.89. The van der Waals surface area contributed by atoms with Gasteiger partial charge in [0.15, 0.2) is 0 Å². The van der Waals surface area contributed by atoms with Crippen LogP contribution in [0.5, 0.6) is 0 Å². The Labute approximate surface area is 112 Å². The zero-order chi connectivity index (χ0) is 13.3. The minimum Gasteiger partial charge on any atom is -0.480 e. The van der Waals surface area contributed by atoms with Gasteiger partial charge in [0.25, 0.3) is 7.48 Å². The average molecular weight is 271 g/mol. The van der Waals surface area contributed by atoms with Gasteiger partial charge in [0.05, 0.1) is 0 Å². The van der Waals surface area contributed by atoms with Gasteiger partial charge in [-0.25, -0.2) is 0 Å². The van der Waals surface area contributed by atoms with Crippen molar-refractivity contribution in [1.82, 2.24) is 5.32 Å². The maximum atomic E-state index is 11.8. The Bertz CT molecular complexity index is 365. The lowest BCUT2D eigenvalue weighted by Gasteiger charge is -2.29. The predicted octanol–water partition coefficient (Wildman–Crippen LogP) is -1.86. The smallest absolute Gasteiger partial charge is 0.324 e. The number of carboxylic acids is 1. The van der Waals surface area contributed by atoms with Crippen LogP contribution in [0.3, 0.4) is 0 Å². The molecular weight excluding hydrogens is 251 g/mol. The standard InChI is InChI=1S/C11H18BN2O4.H2O/c13-11(10(16)17)4-6-5-14-9(15)8(6)7(11)2-1-3-12-18;/h6-8,18H,1-5,13H2,(H,14,15)(H,16,17);1H2/t6-,7-,8+,11-;/m0./s1. The summed E-state index contributed by atoms with van der Waals surface area (Å²) in [7, 11) is 1.06. The summed E-state index contributed by atoms with van der Waals surface area (Å²) in [4.78, 5) is 23.2. The molecule has 2 rings (SSSR count). The molecule has 4 atom stereocenters. The number of fused-ring (bicyclic) bond motifs is 1. The molecule has 0 bridgehead atoms. The largest absolute Gasteiger partial charge is 0.480 e. The molecule has 107 valence electrons. The van der Waals surface area contributed by atoms with Gasteiger partial charge in [-0.1, -0.05) is 12.7 Å². The van der Waals surface area contributed by atoms with Crippen LogP contribution in [0.2, 0.25) is 6.32 Å². The highest BCUT2D eigenvalue weighted by molar-refractivity contribution is 6.25. The van der Waals surface area contributed by atoms with Crippen molar-refractivity contribution >= 4 is 19.4 Å². The van der Waals surface area contributed by atoms with Crippen LogP contribution in [-0.2, 0) is 9.59 Å². The van der Waals surface area contributed by atoms with Crippen LogP contribution in [0.4, 0.5) is 0 Å². The maximum absolute atomic E-state index is 11.8. The Kier molecular flexibility index (Phi) is 4.95. The van der Waals surface area contributed by atoms with Crippen LogP contribution >= 0.6 is 0 Å². The molecule has 2 aliphatic rings. The van der Waals surface area contributed by atoms with Crippen LogP contribution in [0.1, 0.15) is 19.3 Å². The van der Waals surface area contributed by atoms with Gasteiger partial charge in [0, 0.05) is 12.5 Å². The molecule has 7 N–H and O–H groups in total. The quantitative estimate of drug-likeness (QED) is 0.342. The molecule has 1 saturated carbocycles. The molecule has 2 fully saturated rings. The minimum absolute atomic E-state index is 0. The van der Waals surface area contributed by atoms with Crippen molar-refractivity contribution in [3.63, 3.8) is 0 Å². The van der Waals surface area contributed by atoms with Crippen molar-refractivity contribution in [2.45, 2.75) is 31.1 Å². The normalized spacial score (nSPS) is 36.3. The summed E-state index contributed by atoms with van der Waals surface area (Å²) in [6.07, 6.45) is 2.03. The molecule has 7 nitrogen and oxygen atoms in total. The summed E-state index contributed by atoms with van der Waals surface area (Å²) < 4.78 is 0. The molecule has 1 saturated heterocycles. The van der Waals surface area contributed by atoms with Crippen molar-refractivity contribution in [3.05, 3.63) is 0 Å². The summed E-state index contributed by atoms with van der Waals surface area (Å²) in [5, 5.41) is 20.8. The zero-order valence-electron chi connectivity index (χ0n) is 10.6. The topological polar surface area (TPSA) is 144 Å². The Balaban J connectivity index is 0.00000180. The highest BCUT2D eigenvalue weighted by Crippen LogP contribution is 2.47. The fourth-order valence-electron chi connectivity index (χ4n) is 3.42. The second-order valence-corrected chi connectivity index (χ2v) is 5.30. The first-order valence-corrected chi connectivity index (χ1v) is 6.26. The number of rotatable bonds is 5. The summed E-state index contributed by atoms with van der Waals surface area (Å²) in [6, 6.07) is 0. The number of carbonyl (C=O) groups excluding carboxylic acids is 1. The van der Waals surface area contributed by atoms with Gasteiger partial charge < -0.3 is 26.7 Å². The van der Waals surface area contributed by atoms with E-state index in [4.69, 9.17) is 10.8 Å². The molecule has 0 aromatic rings. The van der Waals surface area contributed by atoms with Crippen molar-refractivity contribution in [1.29, 1.82) is 0 Å². The van der Waals surface area contributed by atoms with Gasteiger partial charge in [0.1, 0.15) is 5.54 Å². The van der Waals surface area contributed by atoms with E-state index in [1.165, 1.54) is 0 Å². The Hall–Kier alpha value is -1.12. The monoisotopic (exact) mass is 271 g/mol. The number of carboxylic acid groups (broad SMARTS) is 1. The third-order valence-corrected chi connectivity index (χ3v) is 4.29. The van der Waals surface area contributed by atoms with E-state index in [0.717, 1.165) is 7.48 Å². The number of hydrogen-bond donors (Lipinski definition) is 4. The highest BCUT2D eigenvalue weighted by Gasteiger charge is 2.59. The van der Waals surface area contributed by atoms with Gasteiger partial charge >= 0.3 is 5.97 Å². The fourth-order valence-corrected chi connectivity index (χ4v) is 3.42. The molecule has 1 amide bonds. The maximum Gasteiger partial charge on any atom is 0.324 e. The van der Waals surface area contributed by atoms with E-state index in [2.05, 4.69) is 5.32 Å². The first-order chi connectivity index (χ1) is 8.50. The third-order valence-electron chi connectivity index (χ3n) is 4.29. The van der Waals surface area contributed by atoms with Crippen molar-refractivity contribution in [2.24, 2.45) is 23.5 Å². The summed E-state index contributed by atoms with van der Waals surface area (Å²) >= 11 is 0. The molecule has 0 spiro atoms. The number of nitrogens with two attached hydrogens (primary N) is 1. The van der Waals surface area contributed by atoms with Crippen molar-refractivity contribution < 1.29 is 25.2 Å². The molecule has 1 aliphatic carbocycles. The average Bonchev–Trinajstić information content (AvgIpc) is 2.79. The van der Waals surface area contributed by atoms with Crippen LogP contribution in [0.15, 0.2) is 0 Å². The van der Waals surface area contributed by atoms with Gasteiger partial charge in [-0.2, -0.15) is 0 Å². The Morgan fingerprint density at radius 2 is 2.26 bits per heavy atom. The molecule has 1 heterocycles. The number of hydrogen-bond acceptors (Lipinski definition) is 4. The van der Waals surface area contributed by atoms with E-state index in [0.29, 0.717) is 32.1 Å². The summed E-state index contributed by atoms with van der Waals surface area (Å²) in [5.74, 6) is -1.71. The van der Waals surface area contributed by atoms with Gasteiger partial charge in [-0.3, -0.25) is 9.59 Å². The number of amides is 1. The van der Waals surface area contributed by atoms with Crippen LogP contribution in [0.25, 0.3) is 0 Å². The summed E-state index contributed by atoms with van der Waals surface area (Å²) in [6.45, 7) is 0.526. The number of nitrogens with one attached hydrogen (secondary N) is 1. The van der Waals surface area contributed by atoms with E-state index in [9.17, 15) is 14.7 Å². The molecule has 1 aliphatic heterocycles. The van der Waals surface area contributed by atoms with Crippen LogP contribution < -0.4 is 11.1 Å². The SMILES string of the molecule is N[C@@]1(C(=O)O)C[C@H]2CNC(=O)[C@H]2[C@@H]1CCC[B]O.O. The van der Waals surface area contributed by atoms with Gasteiger partial charge in [-0.15, -0.1) is 0 Å². The van der Waals surface area contributed by atoms with E-state index >= 15 is 0 Å². The summed E-state index contributed by atoms with van der Waals surface area (Å²) in [5.41, 5.74) is 4.73. The van der Waals surface area contributed by atoms with Crippen LogP contribution in [-0.4, -0.2) is 47.0 Å². The van der Waals surface area contributed by atoms with Gasteiger partial charge in [0.2, 0.25) is 5.91 Å². The first-order valence-electron chi connectivity index (χ1n) is 6.26. The number of carbonyl (C=O) groups is 2. The van der Waals surface area contributed by atoms with Crippen molar-refractivity contribution in [2.75, 3.05) is 6.54 Å². The van der Waals surface area contributed by atoms with E-state index < -0.39 is 11.5 Å². The zero-order valence-corrected chi connectivity index (χ0v) is 10.6. The Morgan fingerprint density at radius 3 is 2.84 bits per heavy atom.